The second-order valence-corrected chi connectivity index (χ2v) is 2.07. The number of hydrogen-bond acceptors (Lipinski definition) is 4. The van der Waals surface area contributed by atoms with Crippen LogP contribution in [0.5, 0.6) is 0 Å². The number of carbonyl (C=O) groups excluding carboxylic acids is 1. The van der Waals surface area contributed by atoms with Gasteiger partial charge in [0.05, 0.1) is 13.2 Å². The molecule has 0 saturated carbocycles. The maximum atomic E-state index is 10.3. The van der Waals surface area contributed by atoms with Crippen LogP contribution in [-0.2, 0) is 4.74 Å². The molecular formula is C5H9NO4. The molecule has 0 aromatic carbocycles. The molecule has 0 bridgehead atoms. The summed E-state index contributed by atoms with van der Waals surface area (Å²) in [5.41, 5.74) is 0. The zero-order valence-electron chi connectivity index (χ0n) is 5.28. The van der Waals surface area contributed by atoms with Crippen molar-refractivity contribution >= 4 is 6.09 Å². The fourth-order valence-electron chi connectivity index (χ4n) is 0.737. The SMILES string of the molecule is O=C1NC[C@H]([C@H](O)CO)O1. The molecule has 1 rings (SSSR count). The molecule has 0 aliphatic carbocycles. The van der Waals surface area contributed by atoms with Gasteiger partial charge in [0, 0.05) is 0 Å². The zero-order valence-corrected chi connectivity index (χ0v) is 5.28. The third-order valence-electron chi connectivity index (χ3n) is 1.32. The van der Waals surface area contributed by atoms with Crippen LogP contribution in [0.3, 0.4) is 0 Å². The predicted molar refractivity (Wildman–Crippen MR) is 31.4 cm³/mol. The van der Waals surface area contributed by atoms with Crippen LogP contribution in [0.25, 0.3) is 0 Å². The monoisotopic (exact) mass is 147 g/mol. The fraction of sp³-hybridized carbons (Fsp3) is 0.800. The maximum absolute atomic E-state index is 10.3. The van der Waals surface area contributed by atoms with E-state index >= 15 is 0 Å². The molecule has 1 fully saturated rings. The Kier molecular flexibility index (Phi) is 2.08. The molecule has 5 nitrogen and oxygen atoms in total. The van der Waals surface area contributed by atoms with Crippen molar-refractivity contribution in [2.75, 3.05) is 13.2 Å². The summed E-state index contributed by atoms with van der Waals surface area (Å²) < 4.78 is 4.55. The minimum absolute atomic E-state index is 0.264. The van der Waals surface area contributed by atoms with E-state index in [2.05, 4.69) is 10.1 Å². The number of aliphatic hydroxyl groups is 2. The lowest BCUT2D eigenvalue weighted by Crippen LogP contribution is -2.32. The van der Waals surface area contributed by atoms with E-state index in [1.807, 2.05) is 0 Å². The highest BCUT2D eigenvalue weighted by Gasteiger charge is 2.28. The first-order chi connectivity index (χ1) is 4.74. The van der Waals surface area contributed by atoms with Crippen molar-refractivity contribution in [1.82, 2.24) is 5.32 Å². The molecule has 0 aromatic heterocycles. The van der Waals surface area contributed by atoms with Crippen LogP contribution in [-0.4, -0.2) is 41.7 Å². The van der Waals surface area contributed by atoms with Crippen molar-refractivity contribution in [3.05, 3.63) is 0 Å². The van der Waals surface area contributed by atoms with Crippen LogP contribution in [0, 0.1) is 0 Å². The van der Waals surface area contributed by atoms with Crippen LogP contribution in [0.2, 0.25) is 0 Å². The van der Waals surface area contributed by atoms with Crippen molar-refractivity contribution in [1.29, 1.82) is 0 Å². The second-order valence-electron chi connectivity index (χ2n) is 2.07. The molecule has 10 heavy (non-hydrogen) atoms. The van der Waals surface area contributed by atoms with Gasteiger partial charge in [-0.15, -0.1) is 0 Å². The lowest BCUT2D eigenvalue weighted by atomic mass is 10.2. The molecular weight excluding hydrogens is 138 g/mol. The Bertz CT molecular complexity index is 138. The minimum atomic E-state index is -0.973. The zero-order chi connectivity index (χ0) is 7.56. The smallest absolute Gasteiger partial charge is 0.407 e. The summed E-state index contributed by atoms with van der Waals surface area (Å²) in [6.45, 7) is -0.125. The van der Waals surface area contributed by atoms with Crippen LogP contribution < -0.4 is 5.32 Å². The van der Waals surface area contributed by atoms with Crippen LogP contribution in [0.4, 0.5) is 4.79 Å². The number of aliphatic hydroxyl groups excluding tert-OH is 2. The van der Waals surface area contributed by atoms with Gasteiger partial charge in [-0.1, -0.05) is 0 Å². The summed E-state index contributed by atoms with van der Waals surface area (Å²) >= 11 is 0. The van der Waals surface area contributed by atoms with Gasteiger partial charge in [0.25, 0.3) is 0 Å². The number of carbonyl (C=O) groups is 1. The van der Waals surface area contributed by atoms with Crippen molar-refractivity contribution in [3.63, 3.8) is 0 Å². The Morgan fingerprint density at radius 2 is 2.60 bits per heavy atom. The number of ether oxygens (including phenoxy) is 1. The quantitative estimate of drug-likeness (QED) is 0.441. The molecule has 1 saturated heterocycles. The van der Waals surface area contributed by atoms with Gasteiger partial charge in [-0.3, -0.25) is 0 Å². The van der Waals surface area contributed by atoms with E-state index in [1.165, 1.54) is 0 Å². The van der Waals surface area contributed by atoms with Gasteiger partial charge < -0.3 is 20.3 Å². The van der Waals surface area contributed by atoms with Gasteiger partial charge in [-0.25, -0.2) is 4.79 Å². The van der Waals surface area contributed by atoms with Gasteiger partial charge in [0.1, 0.15) is 12.2 Å². The molecule has 0 unspecified atom stereocenters. The third kappa shape index (κ3) is 1.37. The van der Waals surface area contributed by atoms with Crippen LogP contribution in [0.1, 0.15) is 0 Å². The van der Waals surface area contributed by atoms with Crippen LogP contribution in [0.15, 0.2) is 0 Å². The molecule has 1 heterocycles. The molecule has 2 atom stereocenters. The highest BCUT2D eigenvalue weighted by Crippen LogP contribution is 2.03. The molecule has 0 spiro atoms. The number of nitrogens with one attached hydrogen (secondary N) is 1. The van der Waals surface area contributed by atoms with E-state index in [-0.39, 0.29) is 13.2 Å². The lowest BCUT2D eigenvalue weighted by molar-refractivity contribution is -0.000677. The predicted octanol–water partition coefficient (Wildman–Crippen LogP) is -1.55. The van der Waals surface area contributed by atoms with E-state index in [4.69, 9.17) is 10.2 Å². The first-order valence-corrected chi connectivity index (χ1v) is 2.97. The molecule has 0 aromatic rings. The summed E-state index contributed by atoms with van der Waals surface area (Å²) in [4.78, 5) is 10.3. The largest absolute Gasteiger partial charge is 0.441 e. The van der Waals surface area contributed by atoms with Crippen molar-refractivity contribution in [2.45, 2.75) is 12.2 Å². The topological polar surface area (TPSA) is 78.8 Å². The lowest BCUT2D eigenvalue weighted by Gasteiger charge is -2.11. The number of cyclic esters (lactones) is 1. The van der Waals surface area contributed by atoms with Gasteiger partial charge >= 0.3 is 6.09 Å². The van der Waals surface area contributed by atoms with Gasteiger partial charge in [0.2, 0.25) is 0 Å². The molecule has 3 N–H and O–H groups in total. The molecule has 1 aliphatic heterocycles. The first-order valence-electron chi connectivity index (χ1n) is 2.97. The van der Waals surface area contributed by atoms with Crippen LogP contribution >= 0.6 is 0 Å². The Morgan fingerprint density at radius 1 is 1.90 bits per heavy atom. The molecule has 1 aliphatic rings. The van der Waals surface area contributed by atoms with Gasteiger partial charge in [-0.2, -0.15) is 0 Å². The number of amides is 1. The highest BCUT2D eigenvalue weighted by molar-refractivity contribution is 5.69. The average molecular weight is 147 g/mol. The van der Waals surface area contributed by atoms with E-state index < -0.39 is 18.3 Å². The normalized spacial score (nSPS) is 27.4. The Labute approximate surface area is 57.6 Å². The molecule has 5 heteroatoms. The van der Waals surface area contributed by atoms with E-state index in [1.54, 1.807) is 0 Å². The van der Waals surface area contributed by atoms with E-state index in [0.717, 1.165) is 0 Å². The maximum Gasteiger partial charge on any atom is 0.407 e. The summed E-state index contributed by atoms with van der Waals surface area (Å²) in [5.74, 6) is 0. The van der Waals surface area contributed by atoms with Crippen molar-refractivity contribution in [3.8, 4) is 0 Å². The molecule has 0 radical (unpaired) electrons. The number of hydrogen-bond donors (Lipinski definition) is 3. The van der Waals surface area contributed by atoms with Gasteiger partial charge in [0.15, 0.2) is 0 Å². The third-order valence-corrected chi connectivity index (χ3v) is 1.32. The molecule has 58 valence electrons. The second kappa shape index (κ2) is 2.85. The van der Waals surface area contributed by atoms with Gasteiger partial charge in [-0.05, 0) is 0 Å². The number of alkyl carbamates (subject to hydrolysis) is 1. The first kappa shape index (κ1) is 7.30. The average Bonchev–Trinajstić information content (AvgIpc) is 2.34. The van der Waals surface area contributed by atoms with Crippen molar-refractivity contribution in [2.24, 2.45) is 0 Å². The summed E-state index contributed by atoms with van der Waals surface area (Å²) in [5, 5.41) is 19.7. The summed E-state index contributed by atoms with van der Waals surface area (Å²) in [6.07, 6.45) is -2.12. The highest BCUT2D eigenvalue weighted by atomic mass is 16.6. The van der Waals surface area contributed by atoms with E-state index in [0.29, 0.717) is 0 Å². The summed E-state index contributed by atoms with van der Waals surface area (Å²) in [7, 11) is 0. The number of rotatable bonds is 2. The molecule has 1 amide bonds. The van der Waals surface area contributed by atoms with E-state index in [9.17, 15) is 4.79 Å². The fourth-order valence-corrected chi connectivity index (χ4v) is 0.737. The Morgan fingerprint density at radius 3 is 3.00 bits per heavy atom. The van der Waals surface area contributed by atoms with Crippen molar-refractivity contribution < 1.29 is 19.7 Å². The minimum Gasteiger partial charge on any atom is -0.441 e. The Hall–Kier alpha value is -0.810. The summed E-state index contributed by atoms with van der Waals surface area (Å²) in [6, 6.07) is 0. The Balaban J connectivity index is 2.36. The standard InChI is InChI=1S/C5H9NO4/c7-2-3(8)4-1-6-5(9)10-4/h3-4,7-8H,1-2H2,(H,6,9)/t3-,4-/m1/s1.